The van der Waals surface area contributed by atoms with Crippen molar-refractivity contribution >= 4 is 28.9 Å². The fourth-order valence-electron chi connectivity index (χ4n) is 2.33. The van der Waals surface area contributed by atoms with Crippen LogP contribution in [-0.4, -0.2) is 10.9 Å². The van der Waals surface area contributed by atoms with Crippen LogP contribution in [0.15, 0.2) is 66.9 Å². The number of hydrogen-bond acceptors (Lipinski definition) is 3. The van der Waals surface area contributed by atoms with Crippen molar-refractivity contribution in [3.8, 4) is 0 Å². The number of anilines is 2. The Hall–Kier alpha value is -2.85. The molecule has 1 aromatic heterocycles. The third-order valence-corrected chi connectivity index (χ3v) is 4.17. The first-order chi connectivity index (χ1) is 12.1. The van der Waals surface area contributed by atoms with Crippen molar-refractivity contribution in [3.05, 3.63) is 88.7 Å². The van der Waals surface area contributed by atoms with Gasteiger partial charge in [0.1, 0.15) is 5.69 Å². The van der Waals surface area contributed by atoms with Crippen LogP contribution in [0.1, 0.15) is 21.6 Å². The van der Waals surface area contributed by atoms with E-state index >= 15 is 0 Å². The number of rotatable bonds is 5. The summed E-state index contributed by atoms with van der Waals surface area (Å²) in [6, 6.07) is 19.0. The first-order valence-corrected chi connectivity index (χ1v) is 8.31. The summed E-state index contributed by atoms with van der Waals surface area (Å²) in [7, 11) is 0. The van der Waals surface area contributed by atoms with E-state index in [1.54, 1.807) is 18.3 Å². The van der Waals surface area contributed by atoms with Gasteiger partial charge < -0.3 is 10.6 Å². The maximum atomic E-state index is 12.4. The first-order valence-electron chi connectivity index (χ1n) is 7.93. The van der Waals surface area contributed by atoms with Crippen LogP contribution >= 0.6 is 11.6 Å². The van der Waals surface area contributed by atoms with Crippen molar-refractivity contribution in [1.29, 1.82) is 0 Å². The van der Waals surface area contributed by atoms with Crippen LogP contribution in [0.4, 0.5) is 11.4 Å². The van der Waals surface area contributed by atoms with E-state index in [9.17, 15) is 4.79 Å². The summed E-state index contributed by atoms with van der Waals surface area (Å²) >= 11 is 6.09. The zero-order valence-corrected chi connectivity index (χ0v) is 14.5. The number of pyridine rings is 1. The quantitative estimate of drug-likeness (QED) is 0.686. The summed E-state index contributed by atoms with van der Waals surface area (Å²) in [4.78, 5) is 16.5. The van der Waals surface area contributed by atoms with Crippen LogP contribution in [0, 0.1) is 6.92 Å². The zero-order chi connectivity index (χ0) is 17.6. The highest BCUT2D eigenvalue weighted by Gasteiger charge is 2.09. The minimum Gasteiger partial charge on any atom is -0.381 e. The Morgan fingerprint density at radius 3 is 2.60 bits per heavy atom. The summed E-state index contributed by atoms with van der Waals surface area (Å²) in [6.07, 6.45) is 1.62. The molecule has 126 valence electrons. The molecule has 0 aliphatic carbocycles. The van der Waals surface area contributed by atoms with Gasteiger partial charge >= 0.3 is 0 Å². The smallest absolute Gasteiger partial charge is 0.274 e. The van der Waals surface area contributed by atoms with Crippen LogP contribution in [0.3, 0.4) is 0 Å². The van der Waals surface area contributed by atoms with Crippen molar-refractivity contribution in [2.24, 2.45) is 0 Å². The lowest BCUT2D eigenvalue weighted by molar-refractivity contribution is 0.102. The van der Waals surface area contributed by atoms with Crippen molar-refractivity contribution < 1.29 is 4.79 Å². The minimum absolute atomic E-state index is 0.275. The second-order valence-electron chi connectivity index (χ2n) is 5.69. The highest BCUT2D eigenvalue weighted by molar-refractivity contribution is 6.31. The van der Waals surface area contributed by atoms with Gasteiger partial charge in [-0.1, -0.05) is 48.0 Å². The Morgan fingerprint density at radius 2 is 1.84 bits per heavy atom. The molecule has 1 heterocycles. The van der Waals surface area contributed by atoms with Gasteiger partial charge in [-0.05, 0) is 42.3 Å². The number of carbonyl (C=O) groups excluding carboxylic acids is 1. The first kappa shape index (κ1) is 17.0. The van der Waals surface area contributed by atoms with Crippen molar-refractivity contribution in [1.82, 2.24) is 4.98 Å². The second-order valence-corrected chi connectivity index (χ2v) is 6.09. The highest BCUT2D eigenvalue weighted by atomic mass is 35.5. The summed E-state index contributed by atoms with van der Waals surface area (Å²) in [5.41, 5.74) is 3.95. The largest absolute Gasteiger partial charge is 0.381 e. The van der Waals surface area contributed by atoms with Crippen LogP contribution in [0.25, 0.3) is 0 Å². The lowest BCUT2D eigenvalue weighted by Gasteiger charge is -2.09. The molecule has 2 N–H and O–H groups in total. The molecule has 0 atom stereocenters. The number of amides is 1. The SMILES string of the molecule is Cc1ccc(NC(=O)c2cc(NCc3ccccc3)ccn2)cc1Cl. The van der Waals surface area contributed by atoms with E-state index in [2.05, 4.69) is 15.6 Å². The van der Waals surface area contributed by atoms with E-state index in [1.165, 1.54) is 5.56 Å². The molecule has 0 unspecified atom stereocenters. The molecule has 2 aromatic carbocycles. The van der Waals surface area contributed by atoms with E-state index < -0.39 is 0 Å². The Kier molecular flexibility index (Phi) is 5.31. The predicted molar refractivity (Wildman–Crippen MR) is 102 cm³/mol. The Bertz CT molecular complexity index is 881. The zero-order valence-electron chi connectivity index (χ0n) is 13.8. The number of hydrogen-bond donors (Lipinski definition) is 2. The number of aromatic nitrogens is 1. The van der Waals surface area contributed by atoms with Crippen LogP contribution < -0.4 is 10.6 Å². The van der Waals surface area contributed by atoms with E-state index in [4.69, 9.17) is 11.6 Å². The number of nitrogens with one attached hydrogen (secondary N) is 2. The van der Waals surface area contributed by atoms with Gasteiger partial charge in [-0.15, -0.1) is 0 Å². The van der Waals surface area contributed by atoms with Crippen LogP contribution in [-0.2, 0) is 6.54 Å². The van der Waals surface area contributed by atoms with E-state index in [0.717, 1.165) is 11.3 Å². The molecule has 0 spiro atoms. The fraction of sp³-hybridized carbons (Fsp3) is 0.100. The predicted octanol–water partition coefficient (Wildman–Crippen LogP) is 4.91. The molecule has 0 aliphatic heterocycles. The van der Waals surface area contributed by atoms with Gasteiger partial charge in [-0.3, -0.25) is 9.78 Å². The summed E-state index contributed by atoms with van der Waals surface area (Å²) < 4.78 is 0. The number of nitrogens with zero attached hydrogens (tertiary/aromatic N) is 1. The van der Waals surface area contributed by atoms with Gasteiger partial charge in [0, 0.05) is 29.1 Å². The third-order valence-electron chi connectivity index (χ3n) is 3.76. The molecule has 4 nitrogen and oxygen atoms in total. The number of benzene rings is 2. The molecule has 0 radical (unpaired) electrons. The minimum atomic E-state index is -0.275. The number of carbonyl (C=O) groups is 1. The molecule has 0 bridgehead atoms. The molecule has 0 saturated carbocycles. The van der Waals surface area contributed by atoms with E-state index in [0.29, 0.717) is 22.9 Å². The van der Waals surface area contributed by atoms with Gasteiger partial charge in [-0.2, -0.15) is 0 Å². The molecule has 0 saturated heterocycles. The van der Waals surface area contributed by atoms with Crippen LogP contribution in [0.2, 0.25) is 5.02 Å². The standard InChI is InChI=1S/C20H18ClN3O/c1-14-7-8-17(11-18(14)21)24-20(25)19-12-16(9-10-22-19)23-13-15-5-3-2-4-6-15/h2-12H,13H2,1H3,(H,22,23)(H,24,25). The molecule has 3 aromatic rings. The Balaban J connectivity index is 1.67. The maximum Gasteiger partial charge on any atom is 0.274 e. The average molecular weight is 352 g/mol. The molecule has 5 heteroatoms. The molecular weight excluding hydrogens is 334 g/mol. The van der Waals surface area contributed by atoms with Gasteiger partial charge in [0.25, 0.3) is 5.91 Å². The van der Waals surface area contributed by atoms with Gasteiger partial charge in [0.05, 0.1) is 0 Å². The molecule has 0 fully saturated rings. The second kappa shape index (κ2) is 7.81. The number of aryl methyl sites for hydroxylation is 1. The monoisotopic (exact) mass is 351 g/mol. The molecule has 1 amide bonds. The van der Waals surface area contributed by atoms with Crippen molar-refractivity contribution in [2.45, 2.75) is 13.5 Å². The highest BCUT2D eigenvalue weighted by Crippen LogP contribution is 2.20. The molecular formula is C20H18ClN3O. The van der Waals surface area contributed by atoms with Gasteiger partial charge in [-0.25, -0.2) is 0 Å². The fourth-order valence-corrected chi connectivity index (χ4v) is 2.51. The summed E-state index contributed by atoms with van der Waals surface area (Å²) in [5.74, 6) is -0.275. The van der Waals surface area contributed by atoms with E-state index in [-0.39, 0.29) is 5.91 Å². The summed E-state index contributed by atoms with van der Waals surface area (Å²) in [6.45, 7) is 2.59. The number of halogens is 1. The van der Waals surface area contributed by atoms with Crippen molar-refractivity contribution in [3.63, 3.8) is 0 Å². The van der Waals surface area contributed by atoms with E-state index in [1.807, 2.05) is 55.5 Å². The van der Waals surface area contributed by atoms with Gasteiger partial charge in [0.15, 0.2) is 0 Å². The van der Waals surface area contributed by atoms with Crippen LogP contribution in [0.5, 0.6) is 0 Å². The lowest BCUT2D eigenvalue weighted by Crippen LogP contribution is -2.14. The topological polar surface area (TPSA) is 54.0 Å². The van der Waals surface area contributed by atoms with Gasteiger partial charge in [0.2, 0.25) is 0 Å². The Labute approximate surface area is 151 Å². The van der Waals surface area contributed by atoms with Crippen molar-refractivity contribution in [2.75, 3.05) is 10.6 Å². The molecule has 0 aliphatic rings. The molecule has 25 heavy (non-hydrogen) atoms. The normalized spacial score (nSPS) is 10.3. The maximum absolute atomic E-state index is 12.4. The average Bonchev–Trinajstić information content (AvgIpc) is 2.64. The molecule has 3 rings (SSSR count). The summed E-state index contributed by atoms with van der Waals surface area (Å²) in [5, 5.41) is 6.72. The Morgan fingerprint density at radius 1 is 1.04 bits per heavy atom. The third kappa shape index (κ3) is 4.58. The lowest BCUT2D eigenvalue weighted by atomic mass is 10.2.